The highest BCUT2D eigenvalue weighted by Crippen LogP contribution is 2.43. The number of thiazole rings is 1. The quantitative estimate of drug-likeness (QED) is 0.0547. The average molecular weight is 784 g/mol. The number of amides is 3. The molecule has 2 saturated heterocycles. The maximum absolute atomic E-state index is 14.2. The third-order valence-corrected chi connectivity index (χ3v) is 11.7. The lowest BCUT2D eigenvalue weighted by atomic mass is 9.80. The van der Waals surface area contributed by atoms with Crippen molar-refractivity contribution >= 4 is 63.5 Å². The van der Waals surface area contributed by atoms with E-state index in [1.807, 2.05) is 91.0 Å². The summed E-state index contributed by atoms with van der Waals surface area (Å²) in [4.78, 5) is 71.8. The molecule has 13 nitrogen and oxygen atoms in total. The number of nitrogens with one attached hydrogen (secondary N) is 1. The highest BCUT2D eigenvalue weighted by molar-refractivity contribution is 8.00. The third kappa shape index (κ3) is 6.60. The molecule has 5 heterocycles. The number of nitrogens with zero attached hydrogens (tertiary/aromatic N) is 5. The summed E-state index contributed by atoms with van der Waals surface area (Å²) in [6, 6.07) is 32.6. The van der Waals surface area contributed by atoms with E-state index in [2.05, 4.69) is 20.4 Å². The van der Waals surface area contributed by atoms with Gasteiger partial charge in [0.1, 0.15) is 28.6 Å². The number of thioether (sulfide) groups is 1. The number of rotatable bonds is 11. The van der Waals surface area contributed by atoms with E-state index in [9.17, 15) is 24.3 Å². The molecule has 3 aliphatic heterocycles. The Labute approximate surface area is 329 Å². The SMILES string of the molecule is Nc1nc(/C(=N/OC(c2ccccc2)(c2ccccc2)c2ccccc2)C(=O)N[C@@H]2C(=O)N3C(C(=O)O)=C(/C=C4\CCN(c5ccccn5)C4=O)CS[C@H]23)cs1. The van der Waals surface area contributed by atoms with Gasteiger partial charge in [-0.1, -0.05) is 102 Å². The van der Waals surface area contributed by atoms with Crippen molar-refractivity contribution in [3.8, 4) is 0 Å². The monoisotopic (exact) mass is 783 g/mol. The number of allylic oxidation sites excluding steroid dienone is 1. The number of carboxylic acids is 1. The first-order valence-corrected chi connectivity index (χ1v) is 19.5. The molecule has 3 aliphatic rings. The Hall–Kier alpha value is -6.58. The highest BCUT2D eigenvalue weighted by atomic mass is 32.2. The molecule has 5 aromatic rings. The molecule has 0 unspecified atom stereocenters. The number of aliphatic carboxylic acids is 1. The van der Waals surface area contributed by atoms with Crippen LogP contribution in [-0.4, -0.2) is 73.1 Å². The zero-order chi connectivity index (χ0) is 38.8. The number of fused-ring (bicyclic) bond motifs is 1. The number of hydrogen-bond acceptors (Lipinski definition) is 11. The van der Waals surface area contributed by atoms with Crippen LogP contribution in [-0.2, 0) is 29.6 Å². The molecule has 0 aliphatic carbocycles. The third-order valence-electron chi connectivity index (χ3n) is 9.68. The first-order chi connectivity index (χ1) is 27.3. The summed E-state index contributed by atoms with van der Waals surface area (Å²) in [5, 5.41) is 18.6. The lowest BCUT2D eigenvalue weighted by molar-refractivity contribution is -0.150. The first kappa shape index (κ1) is 36.4. The van der Waals surface area contributed by atoms with Crippen molar-refractivity contribution in [1.29, 1.82) is 0 Å². The molecule has 0 bridgehead atoms. The molecule has 0 saturated carbocycles. The Kier molecular flexibility index (Phi) is 9.93. The van der Waals surface area contributed by atoms with Crippen LogP contribution < -0.4 is 16.0 Å². The fraction of sp³-hybridized carbons (Fsp3) is 0.146. The summed E-state index contributed by atoms with van der Waals surface area (Å²) in [6.45, 7) is 0.394. The number of hydrogen-bond donors (Lipinski definition) is 3. The minimum absolute atomic E-state index is 0.133. The number of carboxylic acid groups (broad SMARTS) is 1. The molecule has 2 atom stereocenters. The number of nitrogens with two attached hydrogens (primary N) is 1. The van der Waals surface area contributed by atoms with Crippen LogP contribution in [0.3, 0.4) is 0 Å². The molecule has 0 spiro atoms. The van der Waals surface area contributed by atoms with Gasteiger partial charge in [-0.05, 0) is 30.2 Å². The van der Waals surface area contributed by atoms with Crippen molar-refractivity contribution < 1.29 is 29.1 Å². The number of aromatic nitrogens is 2. The minimum atomic E-state index is -1.32. The van der Waals surface area contributed by atoms with E-state index in [0.29, 0.717) is 29.9 Å². The molecular weight excluding hydrogens is 751 g/mol. The van der Waals surface area contributed by atoms with Crippen molar-refractivity contribution in [2.24, 2.45) is 5.16 Å². The van der Waals surface area contributed by atoms with Crippen LogP contribution in [0, 0.1) is 0 Å². The highest BCUT2D eigenvalue weighted by Gasteiger charge is 2.54. The van der Waals surface area contributed by atoms with Gasteiger partial charge in [0, 0.05) is 46.1 Å². The summed E-state index contributed by atoms with van der Waals surface area (Å²) >= 11 is 2.39. The van der Waals surface area contributed by atoms with E-state index in [1.54, 1.807) is 35.9 Å². The number of β-lactam (4-membered cyclic amide) rings is 1. The number of pyridine rings is 1. The van der Waals surface area contributed by atoms with Gasteiger partial charge in [0.2, 0.25) is 5.60 Å². The standard InChI is InChI=1S/C41H33N7O6S2/c42-40-44-30(24-56-40)32(46-54-41(27-12-4-1-5-13-27,28-14-6-2-7-15-28)29-16-8-3-9-17-29)35(49)45-33-37(51)48-34(39(52)53)26(23-55-38(33)48)22-25-19-21-47(36(25)50)31-18-10-11-20-43-31/h1-18,20,22,24,33,38H,19,21,23H2,(H2,42,44)(H,45,49)(H,52,53)/b25-22+,46-32-/t33-,38-/m1/s1. The molecule has 280 valence electrons. The minimum Gasteiger partial charge on any atom is -0.477 e. The van der Waals surface area contributed by atoms with Crippen LogP contribution in [0.1, 0.15) is 28.8 Å². The van der Waals surface area contributed by atoms with Gasteiger partial charge < -0.3 is 21.0 Å². The molecule has 15 heteroatoms. The molecular formula is C41H33N7O6S2. The van der Waals surface area contributed by atoms with Gasteiger partial charge in [0.05, 0.1) is 0 Å². The summed E-state index contributed by atoms with van der Waals surface area (Å²) < 4.78 is 0. The lowest BCUT2D eigenvalue weighted by Gasteiger charge is -2.49. The van der Waals surface area contributed by atoms with Crippen LogP contribution >= 0.6 is 23.1 Å². The van der Waals surface area contributed by atoms with E-state index in [0.717, 1.165) is 32.9 Å². The van der Waals surface area contributed by atoms with Crippen molar-refractivity contribution in [3.63, 3.8) is 0 Å². The van der Waals surface area contributed by atoms with Gasteiger partial charge in [0.15, 0.2) is 10.8 Å². The fourth-order valence-electron chi connectivity index (χ4n) is 7.05. The Morgan fingerprint density at radius 1 is 0.929 bits per heavy atom. The normalized spacial score (nSPS) is 19.1. The van der Waals surface area contributed by atoms with Gasteiger partial charge in [0.25, 0.3) is 17.7 Å². The second-order valence-corrected chi connectivity index (χ2v) is 15.0. The molecule has 8 rings (SSSR count). The van der Waals surface area contributed by atoms with E-state index < -0.39 is 34.8 Å². The first-order valence-electron chi connectivity index (χ1n) is 17.6. The maximum Gasteiger partial charge on any atom is 0.352 e. The average Bonchev–Trinajstić information content (AvgIpc) is 3.83. The van der Waals surface area contributed by atoms with Crippen LogP contribution in [0.4, 0.5) is 10.9 Å². The van der Waals surface area contributed by atoms with Crippen molar-refractivity contribution in [1.82, 2.24) is 20.2 Å². The molecule has 0 radical (unpaired) electrons. The summed E-state index contributed by atoms with van der Waals surface area (Å²) in [5.41, 5.74) is 7.33. The van der Waals surface area contributed by atoms with E-state index in [4.69, 9.17) is 10.6 Å². The number of nitrogen functional groups attached to an aromatic ring is 1. The van der Waals surface area contributed by atoms with Gasteiger partial charge in [-0.25, -0.2) is 14.8 Å². The predicted molar refractivity (Wildman–Crippen MR) is 212 cm³/mol. The maximum atomic E-state index is 14.2. The van der Waals surface area contributed by atoms with Crippen LogP contribution in [0.5, 0.6) is 0 Å². The summed E-state index contributed by atoms with van der Waals surface area (Å²) in [7, 11) is 0. The Bertz CT molecular complexity index is 2310. The van der Waals surface area contributed by atoms with Gasteiger partial charge in [-0.3, -0.25) is 24.2 Å². The molecule has 56 heavy (non-hydrogen) atoms. The largest absolute Gasteiger partial charge is 0.477 e. The molecule has 3 amide bonds. The molecule has 2 aromatic heterocycles. The lowest BCUT2D eigenvalue weighted by Crippen LogP contribution is -2.71. The number of carbonyl (C=O) groups is 4. The second kappa shape index (κ2) is 15.3. The van der Waals surface area contributed by atoms with E-state index in [-0.39, 0.29) is 33.9 Å². The van der Waals surface area contributed by atoms with Gasteiger partial charge in [-0.15, -0.1) is 23.1 Å². The van der Waals surface area contributed by atoms with Crippen LogP contribution in [0.15, 0.2) is 149 Å². The number of oxime groups is 1. The van der Waals surface area contributed by atoms with E-state index in [1.165, 1.54) is 16.7 Å². The Morgan fingerprint density at radius 2 is 1.55 bits per heavy atom. The van der Waals surface area contributed by atoms with Crippen molar-refractivity contribution in [3.05, 3.63) is 166 Å². The summed E-state index contributed by atoms with van der Waals surface area (Å²) in [5.74, 6) is -2.30. The number of benzene rings is 3. The van der Waals surface area contributed by atoms with Crippen molar-refractivity contribution in [2.75, 3.05) is 22.9 Å². The van der Waals surface area contributed by atoms with Gasteiger partial charge >= 0.3 is 5.97 Å². The molecule has 4 N–H and O–H groups in total. The number of anilines is 2. The van der Waals surface area contributed by atoms with E-state index >= 15 is 0 Å². The zero-order valence-electron chi connectivity index (χ0n) is 29.5. The second-order valence-electron chi connectivity index (χ2n) is 13.0. The van der Waals surface area contributed by atoms with Crippen LogP contribution in [0.25, 0.3) is 0 Å². The van der Waals surface area contributed by atoms with Crippen LogP contribution in [0.2, 0.25) is 0 Å². The fourth-order valence-corrected chi connectivity index (χ4v) is 8.90. The Morgan fingerprint density at radius 3 is 2.11 bits per heavy atom. The number of carbonyl (C=O) groups excluding carboxylic acids is 3. The Balaban J connectivity index is 1.10. The topological polar surface area (TPSA) is 180 Å². The molecule has 3 aromatic carbocycles. The molecule has 2 fully saturated rings. The zero-order valence-corrected chi connectivity index (χ0v) is 31.2. The summed E-state index contributed by atoms with van der Waals surface area (Å²) in [6.07, 6.45) is 3.54. The van der Waals surface area contributed by atoms with Crippen molar-refractivity contribution in [2.45, 2.75) is 23.4 Å². The smallest absolute Gasteiger partial charge is 0.352 e. The van der Waals surface area contributed by atoms with Gasteiger partial charge in [-0.2, -0.15) is 0 Å². The predicted octanol–water partition coefficient (Wildman–Crippen LogP) is 4.94.